The van der Waals surface area contributed by atoms with Gasteiger partial charge in [-0.05, 0) is 37.1 Å². The summed E-state index contributed by atoms with van der Waals surface area (Å²) in [6.45, 7) is 5.43. The Kier molecular flexibility index (Phi) is 5.51. The molecule has 0 atom stereocenters. The monoisotopic (exact) mass is 352 g/mol. The fourth-order valence-corrected chi connectivity index (χ4v) is 2.55. The smallest absolute Gasteiger partial charge is 0.225 e. The Labute approximate surface area is 153 Å². The van der Waals surface area contributed by atoms with Crippen LogP contribution >= 0.6 is 11.6 Å². The van der Waals surface area contributed by atoms with Crippen LogP contribution < -0.4 is 10.6 Å². The molecule has 3 aromatic rings. The summed E-state index contributed by atoms with van der Waals surface area (Å²) < 4.78 is 0. The molecule has 0 aliphatic rings. The number of aryl methyl sites for hydroxylation is 2. The number of anilines is 2. The molecule has 128 valence electrons. The molecular weight excluding hydrogens is 332 g/mol. The van der Waals surface area contributed by atoms with Crippen LogP contribution in [0.4, 0.5) is 11.8 Å². The fourth-order valence-electron chi connectivity index (χ4n) is 2.42. The molecule has 0 aliphatic heterocycles. The Morgan fingerprint density at radius 1 is 0.800 bits per heavy atom. The van der Waals surface area contributed by atoms with E-state index < -0.39 is 0 Å². The number of rotatable bonds is 6. The molecule has 0 radical (unpaired) electrons. The molecular formula is C20H21ClN4. The molecule has 0 saturated carbocycles. The third-order valence-corrected chi connectivity index (χ3v) is 4.06. The second-order valence-electron chi connectivity index (χ2n) is 6.04. The Morgan fingerprint density at radius 3 is 2.08 bits per heavy atom. The van der Waals surface area contributed by atoms with Crippen LogP contribution in [0.25, 0.3) is 0 Å². The van der Waals surface area contributed by atoms with E-state index in [0.717, 1.165) is 22.1 Å². The van der Waals surface area contributed by atoms with Crippen molar-refractivity contribution >= 4 is 23.4 Å². The number of hydrogen-bond acceptors (Lipinski definition) is 4. The van der Waals surface area contributed by atoms with Gasteiger partial charge in [-0.3, -0.25) is 0 Å². The van der Waals surface area contributed by atoms with E-state index in [4.69, 9.17) is 11.6 Å². The number of nitrogens with zero attached hydrogens (tertiary/aromatic N) is 2. The van der Waals surface area contributed by atoms with Crippen LogP contribution in [0.5, 0.6) is 0 Å². The average Bonchev–Trinajstić information content (AvgIpc) is 2.60. The van der Waals surface area contributed by atoms with E-state index in [-0.39, 0.29) is 0 Å². The first kappa shape index (κ1) is 17.2. The van der Waals surface area contributed by atoms with Crippen LogP contribution in [0, 0.1) is 13.8 Å². The zero-order chi connectivity index (χ0) is 17.6. The minimum atomic E-state index is 0.624. The molecule has 0 saturated heterocycles. The van der Waals surface area contributed by atoms with Gasteiger partial charge in [0.15, 0.2) is 0 Å². The van der Waals surface area contributed by atoms with Crippen LogP contribution in [0.2, 0.25) is 5.02 Å². The Bertz CT molecular complexity index is 762. The quantitative estimate of drug-likeness (QED) is 0.657. The largest absolute Gasteiger partial charge is 0.366 e. The summed E-state index contributed by atoms with van der Waals surface area (Å²) in [5.41, 5.74) is 4.52. The highest BCUT2D eigenvalue weighted by Gasteiger charge is 2.03. The van der Waals surface area contributed by atoms with E-state index in [1.165, 1.54) is 11.1 Å². The topological polar surface area (TPSA) is 49.8 Å². The van der Waals surface area contributed by atoms with Gasteiger partial charge in [-0.1, -0.05) is 53.6 Å². The molecule has 0 fully saturated rings. The third-order valence-electron chi connectivity index (χ3n) is 3.81. The highest BCUT2D eigenvalue weighted by molar-refractivity contribution is 6.30. The van der Waals surface area contributed by atoms with Crippen LogP contribution in [0.15, 0.2) is 54.6 Å². The van der Waals surface area contributed by atoms with Gasteiger partial charge >= 0.3 is 0 Å². The molecule has 0 aliphatic carbocycles. The first-order valence-corrected chi connectivity index (χ1v) is 8.60. The maximum atomic E-state index is 5.92. The molecule has 0 unspecified atom stereocenters. The lowest BCUT2D eigenvalue weighted by atomic mass is 10.1. The Balaban J connectivity index is 1.63. The standard InChI is InChI=1S/C20H21ClN4/c1-14-3-5-16(6-4-14)13-23-20-24-15(2)11-19(25-20)22-12-17-7-9-18(21)10-8-17/h3-11H,12-13H2,1-2H3,(H2,22,23,24,25). The van der Waals surface area contributed by atoms with Crippen molar-refractivity contribution in [2.45, 2.75) is 26.9 Å². The maximum absolute atomic E-state index is 5.92. The summed E-state index contributed by atoms with van der Waals surface area (Å²) in [4.78, 5) is 8.99. The fraction of sp³-hybridized carbons (Fsp3) is 0.200. The van der Waals surface area contributed by atoms with E-state index in [1.807, 2.05) is 37.3 Å². The molecule has 2 N–H and O–H groups in total. The summed E-state index contributed by atoms with van der Waals surface area (Å²) in [6, 6.07) is 18.1. The summed E-state index contributed by atoms with van der Waals surface area (Å²) in [5.74, 6) is 1.42. The lowest BCUT2D eigenvalue weighted by Crippen LogP contribution is -2.08. The van der Waals surface area contributed by atoms with E-state index in [0.29, 0.717) is 19.0 Å². The van der Waals surface area contributed by atoms with Crippen molar-refractivity contribution in [2.75, 3.05) is 10.6 Å². The van der Waals surface area contributed by atoms with Gasteiger partial charge < -0.3 is 10.6 Å². The van der Waals surface area contributed by atoms with Crippen molar-refractivity contribution in [3.05, 3.63) is 82.0 Å². The lowest BCUT2D eigenvalue weighted by Gasteiger charge is -2.10. The predicted molar refractivity (Wildman–Crippen MR) is 104 cm³/mol. The number of aromatic nitrogens is 2. The molecule has 0 spiro atoms. The summed E-state index contributed by atoms with van der Waals surface area (Å²) in [7, 11) is 0. The first-order chi connectivity index (χ1) is 12.1. The summed E-state index contributed by atoms with van der Waals surface area (Å²) >= 11 is 5.92. The van der Waals surface area contributed by atoms with Crippen LogP contribution in [0.3, 0.4) is 0 Å². The van der Waals surface area contributed by atoms with Crippen molar-refractivity contribution in [3.63, 3.8) is 0 Å². The van der Waals surface area contributed by atoms with Gasteiger partial charge in [0.05, 0.1) is 0 Å². The zero-order valence-corrected chi connectivity index (χ0v) is 15.1. The van der Waals surface area contributed by atoms with Crippen LogP contribution in [0.1, 0.15) is 22.4 Å². The van der Waals surface area contributed by atoms with E-state index in [9.17, 15) is 0 Å². The van der Waals surface area contributed by atoms with Gasteiger partial charge in [0.2, 0.25) is 5.95 Å². The van der Waals surface area contributed by atoms with Gasteiger partial charge in [0.25, 0.3) is 0 Å². The Hall–Kier alpha value is -2.59. The van der Waals surface area contributed by atoms with Crippen molar-refractivity contribution in [2.24, 2.45) is 0 Å². The van der Waals surface area contributed by atoms with Crippen molar-refractivity contribution in [3.8, 4) is 0 Å². The molecule has 1 aromatic heterocycles. The number of benzene rings is 2. The molecule has 1 heterocycles. The first-order valence-electron chi connectivity index (χ1n) is 8.22. The normalized spacial score (nSPS) is 10.5. The Morgan fingerprint density at radius 2 is 1.40 bits per heavy atom. The molecule has 25 heavy (non-hydrogen) atoms. The van der Waals surface area contributed by atoms with Crippen molar-refractivity contribution in [1.29, 1.82) is 0 Å². The average molecular weight is 353 g/mol. The van der Waals surface area contributed by atoms with E-state index in [1.54, 1.807) is 0 Å². The van der Waals surface area contributed by atoms with Gasteiger partial charge in [-0.25, -0.2) is 4.98 Å². The second-order valence-corrected chi connectivity index (χ2v) is 6.47. The van der Waals surface area contributed by atoms with Crippen molar-refractivity contribution < 1.29 is 0 Å². The van der Waals surface area contributed by atoms with Crippen molar-refractivity contribution in [1.82, 2.24) is 9.97 Å². The molecule has 3 rings (SSSR count). The minimum absolute atomic E-state index is 0.624. The molecule has 0 amide bonds. The van der Waals surface area contributed by atoms with Crippen LogP contribution in [-0.4, -0.2) is 9.97 Å². The van der Waals surface area contributed by atoms with Gasteiger partial charge in [0, 0.05) is 29.9 Å². The summed E-state index contributed by atoms with van der Waals surface area (Å²) in [5, 5.41) is 7.36. The van der Waals surface area contributed by atoms with E-state index >= 15 is 0 Å². The maximum Gasteiger partial charge on any atom is 0.225 e. The minimum Gasteiger partial charge on any atom is -0.366 e. The summed E-state index contributed by atoms with van der Waals surface area (Å²) in [6.07, 6.45) is 0. The van der Waals surface area contributed by atoms with E-state index in [2.05, 4.69) is 51.8 Å². The molecule has 2 aromatic carbocycles. The predicted octanol–water partition coefficient (Wildman–Crippen LogP) is 4.97. The highest BCUT2D eigenvalue weighted by Crippen LogP contribution is 2.14. The lowest BCUT2D eigenvalue weighted by molar-refractivity contribution is 1.01. The third kappa shape index (κ3) is 5.19. The second kappa shape index (κ2) is 7.99. The van der Waals surface area contributed by atoms with Gasteiger partial charge in [-0.15, -0.1) is 0 Å². The molecule has 4 nitrogen and oxygen atoms in total. The number of nitrogens with one attached hydrogen (secondary N) is 2. The number of hydrogen-bond donors (Lipinski definition) is 2. The molecule has 0 bridgehead atoms. The van der Waals surface area contributed by atoms with Crippen LogP contribution in [-0.2, 0) is 13.1 Å². The van der Waals surface area contributed by atoms with Gasteiger partial charge in [0.1, 0.15) is 5.82 Å². The zero-order valence-electron chi connectivity index (χ0n) is 14.4. The highest BCUT2D eigenvalue weighted by atomic mass is 35.5. The van der Waals surface area contributed by atoms with Gasteiger partial charge in [-0.2, -0.15) is 4.98 Å². The molecule has 5 heteroatoms. The number of halogens is 1. The SMILES string of the molecule is Cc1ccc(CNc2nc(C)cc(NCc3ccc(Cl)cc3)n2)cc1.